The summed E-state index contributed by atoms with van der Waals surface area (Å²) in [6.07, 6.45) is 2.25. The molecule has 0 amide bonds. The second-order valence-corrected chi connectivity index (χ2v) is 9.63. The van der Waals surface area contributed by atoms with Gasteiger partial charge >= 0.3 is 0 Å². The fourth-order valence-electron chi connectivity index (χ4n) is 2.39. The van der Waals surface area contributed by atoms with Crippen LogP contribution in [-0.2, 0) is 9.84 Å². The standard InChI is InChI=1S/C15H23NO2S3/c1-3-15(16-13-10-19-8-9-20-11-13)12-4-6-14(7-5-12)21(2,17)18/h4-7,13,15-16H,3,8-11H2,1-2H3/t15-/m1/s1. The van der Waals surface area contributed by atoms with Crippen molar-refractivity contribution in [3.63, 3.8) is 0 Å². The third-order valence-electron chi connectivity index (χ3n) is 3.57. The topological polar surface area (TPSA) is 46.2 Å². The Morgan fingerprint density at radius 1 is 1.19 bits per heavy atom. The molecule has 1 saturated heterocycles. The second kappa shape index (κ2) is 7.90. The van der Waals surface area contributed by atoms with E-state index in [0.717, 1.165) is 17.9 Å². The van der Waals surface area contributed by atoms with Gasteiger partial charge in [-0.15, -0.1) is 0 Å². The summed E-state index contributed by atoms with van der Waals surface area (Å²) in [6, 6.07) is 8.13. The molecule has 1 aliphatic rings. The molecule has 0 aromatic heterocycles. The molecule has 0 radical (unpaired) electrons. The zero-order valence-corrected chi connectivity index (χ0v) is 15.0. The molecule has 1 atom stereocenters. The monoisotopic (exact) mass is 345 g/mol. The summed E-state index contributed by atoms with van der Waals surface area (Å²) in [5.41, 5.74) is 1.17. The Morgan fingerprint density at radius 3 is 2.24 bits per heavy atom. The molecule has 21 heavy (non-hydrogen) atoms. The molecule has 3 nitrogen and oxygen atoms in total. The van der Waals surface area contributed by atoms with E-state index in [-0.39, 0.29) is 0 Å². The number of benzene rings is 1. The summed E-state index contributed by atoms with van der Waals surface area (Å²) in [7, 11) is -3.11. The van der Waals surface area contributed by atoms with Gasteiger partial charge in [0.15, 0.2) is 9.84 Å². The van der Waals surface area contributed by atoms with Crippen LogP contribution in [0.3, 0.4) is 0 Å². The molecule has 1 fully saturated rings. The van der Waals surface area contributed by atoms with Gasteiger partial charge in [0.25, 0.3) is 0 Å². The summed E-state index contributed by atoms with van der Waals surface area (Å²) in [5.74, 6) is 4.79. The first-order valence-electron chi connectivity index (χ1n) is 7.22. The highest BCUT2D eigenvalue weighted by molar-refractivity contribution is 8.03. The SMILES string of the molecule is CC[C@@H](NC1CSCCSC1)c1ccc(S(C)(=O)=O)cc1. The molecule has 0 saturated carbocycles. The summed E-state index contributed by atoms with van der Waals surface area (Å²) < 4.78 is 23.0. The summed E-state index contributed by atoms with van der Waals surface area (Å²) in [6.45, 7) is 2.17. The first-order chi connectivity index (χ1) is 10.0. The molecule has 1 aromatic rings. The van der Waals surface area contributed by atoms with E-state index in [1.165, 1.54) is 23.3 Å². The number of nitrogens with one attached hydrogen (secondary N) is 1. The minimum atomic E-state index is -3.11. The number of hydrogen-bond donors (Lipinski definition) is 1. The normalized spacial score (nSPS) is 19.1. The Bertz CT molecular complexity index is 535. The van der Waals surface area contributed by atoms with Crippen LogP contribution in [0.5, 0.6) is 0 Å². The van der Waals surface area contributed by atoms with Crippen molar-refractivity contribution in [2.24, 2.45) is 0 Å². The number of thioether (sulfide) groups is 2. The van der Waals surface area contributed by atoms with Crippen LogP contribution in [0, 0.1) is 0 Å². The summed E-state index contributed by atoms with van der Waals surface area (Å²) in [5, 5.41) is 3.73. The summed E-state index contributed by atoms with van der Waals surface area (Å²) in [4.78, 5) is 0.390. The number of rotatable bonds is 5. The third-order valence-corrected chi connectivity index (χ3v) is 7.21. The first-order valence-corrected chi connectivity index (χ1v) is 11.4. The van der Waals surface area contributed by atoms with E-state index in [1.807, 2.05) is 35.7 Å². The summed E-state index contributed by atoms with van der Waals surface area (Å²) >= 11 is 4.03. The molecular formula is C15H23NO2S3. The van der Waals surface area contributed by atoms with Gasteiger partial charge in [0.1, 0.15) is 0 Å². The van der Waals surface area contributed by atoms with Gasteiger partial charge < -0.3 is 5.32 Å². The van der Waals surface area contributed by atoms with Crippen molar-refractivity contribution in [3.05, 3.63) is 29.8 Å². The number of sulfone groups is 1. The van der Waals surface area contributed by atoms with Crippen molar-refractivity contribution in [1.29, 1.82) is 0 Å². The van der Waals surface area contributed by atoms with Crippen molar-refractivity contribution in [1.82, 2.24) is 5.32 Å². The van der Waals surface area contributed by atoms with Gasteiger partial charge in [-0.05, 0) is 24.1 Å². The van der Waals surface area contributed by atoms with Gasteiger partial charge in [-0.25, -0.2) is 8.42 Å². The Balaban J connectivity index is 2.06. The van der Waals surface area contributed by atoms with E-state index in [2.05, 4.69) is 12.2 Å². The van der Waals surface area contributed by atoms with Gasteiger partial charge in [-0.2, -0.15) is 23.5 Å². The predicted molar refractivity (Wildman–Crippen MR) is 94.2 cm³/mol. The first kappa shape index (κ1) is 17.2. The van der Waals surface area contributed by atoms with Crippen LogP contribution in [0.15, 0.2) is 29.2 Å². The van der Waals surface area contributed by atoms with Crippen molar-refractivity contribution >= 4 is 33.4 Å². The Morgan fingerprint density at radius 2 is 1.76 bits per heavy atom. The Hall–Kier alpha value is -0.170. The van der Waals surface area contributed by atoms with Crippen molar-refractivity contribution in [2.45, 2.75) is 30.3 Å². The van der Waals surface area contributed by atoms with Crippen LogP contribution in [0.25, 0.3) is 0 Å². The molecule has 0 aliphatic carbocycles. The molecule has 0 unspecified atom stereocenters. The van der Waals surface area contributed by atoms with E-state index in [9.17, 15) is 8.42 Å². The maximum absolute atomic E-state index is 11.5. The molecule has 1 aromatic carbocycles. The van der Waals surface area contributed by atoms with E-state index < -0.39 is 9.84 Å². The van der Waals surface area contributed by atoms with E-state index in [0.29, 0.717) is 17.0 Å². The largest absolute Gasteiger partial charge is 0.306 e. The van der Waals surface area contributed by atoms with Crippen molar-refractivity contribution in [2.75, 3.05) is 29.3 Å². The highest BCUT2D eigenvalue weighted by atomic mass is 32.2. The van der Waals surface area contributed by atoms with Gasteiger partial charge in [-0.1, -0.05) is 19.1 Å². The van der Waals surface area contributed by atoms with Crippen LogP contribution in [0.4, 0.5) is 0 Å². The van der Waals surface area contributed by atoms with Crippen LogP contribution in [0.1, 0.15) is 24.9 Å². The quantitative estimate of drug-likeness (QED) is 0.889. The average Bonchev–Trinajstić information content (AvgIpc) is 2.72. The molecule has 0 bridgehead atoms. The maximum Gasteiger partial charge on any atom is 0.175 e. The molecule has 118 valence electrons. The minimum absolute atomic E-state index is 0.294. The lowest BCUT2D eigenvalue weighted by Crippen LogP contribution is -2.36. The molecule has 2 rings (SSSR count). The molecule has 1 heterocycles. The smallest absolute Gasteiger partial charge is 0.175 e. The van der Waals surface area contributed by atoms with Crippen LogP contribution in [-0.4, -0.2) is 43.7 Å². The highest BCUT2D eigenvalue weighted by Gasteiger charge is 2.18. The average molecular weight is 346 g/mol. The van der Waals surface area contributed by atoms with Crippen LogP contribution < -0.4 is 5.32 Å². The van der Waals surface area contributed by atoms with E-state index in [1.54, 1.807) is 12.1 Å². The molecule has 0 spiro atoms. The van der Waals surface area contributed by atoms with Gasteiger partial charge in [0.05, 0.1) is 4.90 Å². The lowest BCUT2D eigenvalue weighted by molar-refractivity contribution is 0.474. The molecule has 1 N–H and O–H groups in total. The zero-order chi connectivity index (χ0) is 15.3. The lowest BCUT2D eigenvalue weighted by Gasteiger charge is -2.24. The van der Waals surface area contributed by atoms with Gasteiger partial charge in [0.2, 0.25) is 0 Å². The van der Waals surface area contributed by atoms with Gasteiger partial charge in [0, 0.05) is 41.4 Å². The Labute approximate surface area is 136 Å². The zero-order valence-electron chi connectivity index (χ0n) is 12.5. The molecule has 6 heteroatoms. The number of hydrogen-bond acceptors (Lipinski definition) is 5. The van der Waals surface area contributed by atoms with Crippen molar-refractivity contribution < 1.29 is 8.42 Å². The minimum Gasteiger partial charge on any atom is -0.306 e. The fourth-order valence-corrected chi connectivity index (χ4v) is 5.45. The van der Waals surface area contributed by atoms with Crippen LogP contribution >= 0.6 is 23.5 Å². The third kappa shape index (κ3) is 5.20. The highest BCUT2D eigenvalue weighted by Crippen LogP contribution is 2.23. The van der Waals surface area contributed by atoms with E-state index >= 15 is 0 Å². The maximum atomic E-state index is 11.5. The predicted octanol–water partition coefficient (Wildman–Crippen LogP) is 2.98. The Kier molecular flexibility index (Phi) is 6.47. The molecule has 1 aliphatic heterocycles. The van der Waals surface area contributed by atoms with Crippen LogP contribution in [0.2, 0.25) is 0 Å². The second-order valence-electron chi connectivity index (χ2n) is 5.32. The molecular weight excluding hydrogens is 322 g/mol. The van der Waals surface area contributed by atoms with Crippen molar-refractivity contribution in [3.8, 4) is 0 Å². The van der Waals surface area contributed by atoms with Gasteiger partial charge in [-0.3, -0.25) is 0 Å². The lowest BCUT2D eigenvalue weighted by atomic mass is 10.0. The fraction of sp³-hybridized carbons (Fsp3) is 0.600. The van der Waals surface area contributed by atoms with E-state index in [4.69, 9.17) is 0 Å².